The molecule has 0 aliphatic carbocycles. The van der Waals surface area contributed by atoms with E-state index in [1.807, 2.05) is 0 Å². The van der Waals surface area contributed by atoms with Crippen LogP contribution in [0.2, 0.25) is 0 Å². The maximum Gasteiger partial charge on any atom is 0.310 e. The lowest BCUT2D eigenvalue weighted by Crippen LogP contribution is -2.30. The smallest absolute Gasteiger partial charge is 0.310 e. The minimum absolute atomic E-state index is 0.0108. The molecule has 9 nitrogen and oxygen atoms in total. The standard InChI is InChI=1S/C18H21N3O6S/c1-3-20(4-2)28(25,26)15-11-9-14(10-12-15)19-18(22)13-27-17-8-6-5-7-16(17)21(23)24/h5-12H,3-4,13H2,1-2H3,(H,19,22). The topological polar surface area (TPSA) is 119 Å². The maximum absolute atomic E-state index is 12.4. The van der Waals surface area contributed by atoms with Gasteiger partial charge in [-0.2, -0.15) is 4.31 Å². The monoisotopic (exact) mass is 407 g/mol. The van der Waals surface area contributed by atoms with Gasteiger partial charge in [0.15, 0.2) is 12.4 Å². The van der Waals surface area contributed by atoms with Gasteiger partial charge in [-0.3, -0.25) is 14.9 Å². The van der Waals surface area contributed by atoms with Crippen molar-refractivity contribution in [2.24, 2.45) is 0 Å². The van der Waals surface area contributed by atoms with Gasteiger partial charge in [0.05, 0.1) is 9.82 Å². The predicted molar refractivity (Wildman–Crippen MR) is 104 cm³/mol. The number of carbonyl (C=O) groups excluding carboxylic acids is 1. The van der Waals surface area contributed by atoms with E-state index in [9.17, 15) is 23.3 Å². The van der Waals surface area contributed by atoms with Gasteiger partial charge in [-0.15, -0.1) is 0 Å². The summed E-state index contributed by atoms with van der Waals surface area (Å²) in [4.78, 5) is 22.5. The van der Waals surface area contributed by atoms with Gasteiger partial charge >= 0.3 is 5.69 Å². The molecule has 0 fully saturated rings. The first-order valence-corrected chi connectivity index (χ1v) is 9.99. The second-order valence-electron chi connectivity index (χ2n) is 5.68. The number of hydrogen-bond donors (Lipinski definition) is 1. The Morgan fingerprint density at radius 2 is 1.71 bits per heavy atom. The number of nitrogens with zero attached hydrogens (tertiary/aromatic N) is 2. The van der Waals surface area contributed by atoms with Gasteiger partial charge in [0.25, 0.3) is 5.91 Å². The molecule has 0 bridgehead atoms. The number of para-hydroxylation sites is 2. The number of hydrogen-bond acceptors (Lipinski definition) is 6. The number of nitrogens with one attached hydrogen (secondary N) is 1. The van der Waals surface area contributed by atoms with Crippen LogP contribution in [0.5, 0.6) is 5.75 Å². The van der Waals surface area contributed by atoms with Crippen molar-refractivity contribution in [3.05, 3.63) is 58.6 Å². The van der Waals surface area contributed by atoms with Crippen molar-refractivity contribution < 1.29 is 22.9 Å². The van der Waals surface area contributed by atoms with Gasteiger partial charge in [0.2, 0.25) is 10.0 Å². The zero-order chi connectivity index (χ0) is 20.7. The summed E-state index contributed by atoms with van der Waals surface area (Å²) in [5, 5.41) is 13.5. The highest BCUT2D eigenvalue weighted by Gasteiger charge is 2.21. The lowest BCUT2D eigenvalue weighted by atomic mass is 10.3. The summed E-state index contributed by atoms with van der Waals surface area (Å²) in [6.45, 7) is 3.81. The number of amides is 1. The van der Waals surface area contributed by atoms with E-state index in [1.165, 1.54) is 46.8 Å². The molecule has 1 N–H and O–H groups in total. The Hall–Kier alpha value is -2.98. The van der Waals surface area contributed by atoms with Gasteiger partial charge in [-0.1, -0.05) is 26.0 Å². The number of sulfonamides is 1. The first-order chi connectivity index (χ1) is 13.3. The van der Waals surface area contributed by atoms with Gasteiger partial charge in [0.1, 0.15) is 0 Å². The van der Waals surface area contributed by atoms with Crippen LogP contribution in [-0.4, -0.2) is 43.2 Å². The molecular formula is C18H21N3O6S. The van der Waals surface area contributed by atoms with Crippen molar-refractivity contribution in [1.29, 1.82) is 0 Å². The molecule has 0 saturated heterocycles. The SMILES string of the molecule is CCN(CC)S(=O)(=O)c1ccc(NC(=O)COc2ccccc2[N+](=O)[O-])cc1. The van der Waals surface area contributed by atoms with Crippen LogP contribution in [0, 0.1) is 10.1 Å². The number of nitro benzene ring substituents is 1. The molecule has 0 spiro atoms. The maximum atomic E-state index is 12.4. The Labute approximate surface area is 163 Å². The zero-order valence-electron chi connectivity index (χ0n) is 15.5. The van der Waals surface area contributed by atoms with Crippen molar-refractivity contribution in [2.45, 2.75) is 18.7 Å². The van der Waals surface area contributed by atoms with Gasteiger partial charge in [0, 0.05) is 24.8 Å². The summed E-state index contributed by atoms with van der Waals surface area (Å²) in [6, 6.07) is 11.5. The molecule has 0 atom stereocenters. The van der Waals surface area contributed by atoms with E-state index in [1.54, 1.807) is 19.9 Å². The van der Waals surface area contributed by atoms with Crippen molar-refractivity contribution in [3.63, 3.8) is 0 Å². The van der Waals surface area contributed by atoms with Gasteiger partial charge in [-0.05, 0) is 30.3 Å². The third kappa shape index (κ3) is 5.05. The Balaban J connectivity index is 2.01. The minimum Gasteiger partial charge on any atom is -0.477 e. The molecule has 2 rings (SSSR count). The molecule has 1 amide bonds. The molecule has 0 heterocycles. The highest BCUT2D eigenvalue weighted by molar-refractivity contribution is 7.89. The van der Waals surface area contributed by atoms with Crippen LogP contribution < -0.4 is 10.1 Å². The Morgan fingerprint density at radius 3 is 2.29 bits per heavy atom. The summed E-state index contributed by atoms with van der Waals surface area (Å²) in [6.07, 6.45) is 0. The van der Waals surface area contributed by atoms with Crippen LogP contribution in [0.1, 0.15) is 13.8 Å². The van der Waals surface area contributed by atoms with E-state index in [-0.39, 0.29) is 16.3 Å². The fourth-order valence-electron chi connectivity index (χ4n) is 2.49. The summed E-state index contributed by atoms with van der Waals surface area (Å²) >= 11 is 0. The highest BCUT2D eigenvalue weighted by Crippen LogP contribution is 2.25. The van der Waals surface area contributed by atoms with Crippen molar-refractivity contribution >= 4 is 27.3 Å². The van der Waals surface area contributed by atoms with E-state index in [4.69, 9.17) is 4.74 Å². The third-order valence-corrected chi connectivity index (χ3v) is 5.97. The fourth-order valence-corrected chi connectivity index (χ4v) is 3.95. The van der Waals surface area contributed by atoms with Crippen LogP contribution in [0.15, 0.2) is 53.4 Å². The second-order valence-corrected chi connectivity index (χ2v) is 7.61. The molecule has 0 aliphatic heterocycles. The highest BCUT2D eigenvalue weighted by atomic mass is 32.2. The molecule has 2 aromatic carbocycles. The number of benzene rings is 2. The van der Waals surface area contributed by atoms with E-state index in [0.29, 0.717) is 18.8 Å². The molecule has 150 valence electrons. The molecule has 0 aromatic heterocycles. The van der Waals surface area contributed by atoms with Crippen LogP contribution in [0.4, 0.5) is 11.4 Å². The predicted octanol–water partition coefficient (Wildman–Crippen LogP) is 2.64. The summed E-state index contributed by atoms with van der Waals surface area (Å²) < 4.78 is 31.4. The first kappa shape index (κ1) is 21.3. The van der Waals surface area contributed by atoms with E-state index >= 15 is 0 Å². The van der Waals surface area contributed by atoms with Crippen LogP contribution in [-0.2, 0) is 14.8 Å². The van der Waals surface area contributed by atoms with E-state index in [2.05, 4.69) is 5.32 Å². The average molecular weight is 407 g/mol. The van der Waals surface area contributed by atoms with Crippen molar-refractivity contribution in [3.8, 4) is 5.75 Å². The summed E-state index contributed by atoms with van der Waals surface area (Å²) in [7, 11) is -3.57. The number of rotatable bonds is 9. The van der Waals surface area contributed by atoms with Gasteiger partial charge < -0.3 is 10.1 Å². The number of carbonyl (C=O) groups is 1. The van der Waals surface area contributed by atoms with Crippen LogP contribution in [0.3, 0.4) is 0 Å². The van der Waals surface area contributed by atoms with E-state index < -0.39 is 27.5 Å². The second kappa shape index (κ2) is 9.29. The molecule has 28 heavy (non-hydrogen) atoms. The molecule has 10 heteroatoms. The van der Waals surface area contributed by atoms with Crippen LogP contribution >= 0.6 is 0 Å². The molecule has 0 unspecified atom stereocenters. The quantitative estimate of drug-likeness (QED) is 0.504. The Kier molecular flexibility index (Phi) is 7.07. The molecule has 0 saturated carbocycles. The van der Waals surface area contributed by atoms with Crippen molar-refractivity contribution in [2.75, 3.05) is 25.0 Å². The van der Waals surface area contributed by atoms with Crippen LogP contribution in [0.25, 0.3) is 0 Å². The van der Waals surface area contributed by atoms with E-state index in [0.717, 1.165) is 0 Å². The number of anilines is 1. The summed E-state index contributed by atoms with van der Waals surface area (Å²) in [5.74, 6) is -0.541. The normalized spacial score (nSPS) is 11.2. The fraction of sp³-hybridized carbons (Fsp3) is 0.278. The number of nitro groups is 1. The number of ether oxygens (including phenoxy) is 1. The minimum atomic E-state index is -3.57. The first-order valence-electron chi connectivity index (χ1n) is 8.55. The molecule has 0 radical (unpaired) electrons. The van der Waals surface area contributed by atoms with Crippen molar-refractivity contribution in [1.82, 2.24) is 4.31 Å². The largest absolute Gasteiger partial charge is 0.477 e. The van der Waals surface area contributed by atoms with Gasteiger partial charge in [-0.25, -0.2) is 8.42 Å². The lowest BCUT2D eigenvalue weighted by molar-refractivity contribution is -0.385. The zero-order valence-corrected chi connectivity index (χ0v) is 16.3. The summed E-state index contributed by atoms with van der Waals surface area (Å²) in [5.41, 5.74) is 0.149. The average Bonchev–Trinajstić information content (AvgIpc) is 2.67. The molecule has 0 aliphatic rings. The Bertz CT molecular complexity index is 940. The third-order valence-electron chi connectivity index (χ3n) is 3.90. The lowest BCUT2D eigenvalue weighted by Gasteiger charge is -2.18. The Morgan fingerprint density at radius 1 is 1.11 bits per heavy atom. The molecule has 2 aromatic rings. The molecular weight excluding hydrogens is 386 g/mol.